The van der Waals surface area contributed by atoms with Gasteiger partial charge in [0.25, 0.3) is 0 Å². The maximum atomic E-state index is 2.47. The molecule has 0 saturated heterocycles. The maximum Gasteiger partial charge on any atom is 0.228 e. The first kappa shape index (κ1) is 36.8. The first-order chi connectivity index (χ1) is 28.4. The van der Waals surface area contributed by atoms with E-state index < -0.39 is 8.07 Å². The van der Waals surface area contributed by atoms with Gasteiger partial charge in [-0.05, 0) is 57.9 Å². The van der Waals surface area contributed by atoms with Gasteiger partial charge in [0.15, 0.2) is 12.4 Å². The van der Waals surface area contributed by atoms with Crippen LogP contribution >= 0.6 is 0 Å². The molecule has 2 aliphatic heterocycles. The third-order valence-corrected chi connectivity index (χ3v) is 13.1. The minimum absolute atomic E-state index is 0.753. The number of hydrogen-bond acceptors (Lipinski definition) is 2. The number of hydrogen-bond donors (Lipinski definition) is 0. The monoisotopic (exact) mass is 768 g/mol. The Balaban J connectivity index is 0.000000154. The number of rotatable bonds is 6. The number of benzene rings is 8. The average molecular weight is 769 g/mol. The Morgan fingerprint density at radius 2 is 0.828 bits per heavy atom. The van der Waals surface area contributed by atoms with E-state index in [1.807, 2.05) is 0 Å². The first-order valence-electron chi connectivity index (χ1n) is 20.2. The van der Waals surface area contributed by atoms with E-state index in [0.717, 1.165) is 13.3 Å². The van der Waals surface area contributed by atoms with Gasteiger partial charge >= 0.3 is 0 Å². The van der Waals surface area contributed by atoms with Crippen molar-refractivity contribution in [2.75, 3.05) is 23.1 Å². The fraction of sp³-hybridized carbons (Fsp3) is 0.0943. The smallest absolute Gasteiger partial charge is 0.228 e. The predicted molar refractivity (Wildman–Crippen MR) is 249 cm³/mol. The van der Waals surface area contributed by atoms with E-state index in [1.54, 1.807) is 0 Å². The molecule has 2 aliphatic rings. The van der Waals surface area contributed by atoms with Crippen molar-refractivity contribution in [2.45, 2.75) is 19.6 Å². The van der Waals surface area contributed by atoms with Crippen molar-refractivity contribution in [3.63, 3.8) is 0 Å². The summed E-state index contributed by atoms with van der Waals surface area (Å²) in [7, 11) is -1.47. The number of fused-ring (bicyclic) bond motifs is 3. The van der Waals surface area contributed by atoms with E-state index in [4.69, 9.17) is 0 Å². The zero-order chi connectivity index (χ0) is 39.5. The molecule has 2 heterocycles. The Bertz CT molecular complexity index is 2750. The van der Waals surface area contributed by atoms with Crippen LogP contribution in [-0.4, -0.2) is 43.0 Å². The van der Waals surface area contributed by atoms with Crippen LogP contribution in [0.3, 0.4) is 0 Å². The highest BCUT2D eigenvalue weighted by Crippen LogP contribution is 2.42. The lowest BCUT2D eigenvalue weighted by atomic mass is 9.94. The highest BCUT2D eigenvalue weighted by atomic mass is 28.3. The van der Waals surface area contributed by atoms with Crippen molar-refractivity contribution < 1.29 is 9.15 Å². The molecule has 0 amide bonds. The molecule has 5 heteroatoms. The van der Waals surface area contributed by atoms with E-state index >= 15 is 0 Å². The molecule has 8 aromatic rings. The molecule has 0 N–H and O–H groups in total. The van der Waals surface area contributed by atoms with Crippen molar-refractivity contribution in [2.24, 2.45) is 0 Å². The standard InChI is InChI=1S/C30H23N2.C23H25N2Si/c1-3-14-25(15-4-1)31-21-24-13-10-20-29(28-19-9-12-23-11-7-8-18-27(23)28)30(24)32(22-31)26-16-5-2-6-17-26;1-26(2,3)22-16-10-11-19-17-24(20-12-6-4-7-13-20)18-25(23(19)22)21-14-8-5-9-15-21/h1-21H,22H2;4-17H,18H2,1-3H3/q2*+1. The molecule has 0 bridgehead atoms. The molecule has 0 aromatic heterocycles. The fourth-order valence-electron chi connectivity index (χ4n) is 8.27. The van der Waals surface area contributed by atoms with Gasteiger partial charge < -0.3 is 0 Å². The molecule has 282 valence electrons. The van der Waals surface area contributed by atoms with Gasteiger partial charge in [-0.3, -0.25) is 9.80 Å². The van der Waals surface area contributed by atoms with E-state index in [0.29, 0.717) is 0 Å². The first-order valence-corrected chi connectivity index (χ1v) is 23.7. The second kappa shape index (κ2) is 16.0. The molecule has 0 saturated carbocycles. The molecule has 4 nitrogen and oxygen atoms in total. The molecule has 0 fully saturated rings. The van der Waals surface area contributed by atoms with E-state index in [9.17, 15) is 0 Å². The molecule has 10 rings (SSSR count). The van der Waals surface area contributed by atoms with Crippen molar-refractivity contribution in [3.8, 4) is 11.1 Å². The van der Waals surface area contributed by atoms with Gasteiger partial charge in [-0.2, -0.15) is 9.15 Å². The van der Waals surface area contributed by atoms with Crippen LogP contribution in [0.4, 0.5) is 34.1 Å². The van der Waals surface area contributed by atoms with Gasteiger partial charge in [-0.15, -0.1) is 0 Å². The van der Waals surface area contributed by atoms with Crippen molar-refractivity contribution in [3.05, 3.63) is 211 Å². The minimum atomic E-state index is -1.47. The minimum Gasteiger partial charge on any atom is -0.285 e. The summed E-state index contributed by atoms with van der Waals surface area (Å²) in [6, 6.07) is 71.3. The van der Waals surface area contributed by atoms with Gasteiger partial charge in [-0.1, -0.05) is 159 Å². The molecule has 8 aromatic carbocycles. The van der Waals surface area contributed by atoms with Crippen molar-refractivity contribution >= 4 is 70.6 Å². The quantitative estimate of drug-likeness (QED) is 0.123. The Labute approximate surface area is 343 Å². The Kier molecular flexibility index (Phi) is 10.1. The van der Waals surface area contributed by atoms with Crippen LogP contribution in [0.25, 0.3) is 21.9 Å². The van der Waals surface area contributed by atoms with Crippen LogP contribution in [-0.2, 0) is 0 Å². The van der Waals surface area contributed by atoms with Gasteiger partial charge in [0.2, 0.25) is 24.7 Å². The highest BCUT2D eigenvalue weighted by Gasteiger charge is 2.32. The number of anilines is 4. The number of nitrogens with zero attached hydrogens (tertiary/aromatic N) is 4. The Hall–Kier alpha value is -6.82. The summed E-state index contributed by atoms with van der Waals surface area (Å²) in [5.41, 5.74) is 12.5. The summed E-state index contributed by atoms with van der Waals surface area (Å²) < 4.78 is 4.66. The van der Waals surface area contributed by atoms with Crippen LogP contribution in [0.2, 0.25) is 19.6 Å². The van der Waals surface area contributed by atoms with Gasteiger partial charge in [0.1, 0.15) is 0 Å². The average Bonchev–Trinajstić information content (AvgIpc) is 3.28. The van der Waals surface area contributed by atoms with Gasteiger partial charge in [-0.25, -0.2) is 0 Å². The van der Waals surface area contributed by atoms with E-state index in [2.05, 4.69) is 251 Å². The summed E-state index contributed by atoms with van der Waals surface area (Å²) in [4.78, 5) is 4.90. The summed E-state index contributed by atoms with van der Waals surface area (Å²) in [5.74, 6) is 0. The molecule has 0 atom stereocenters. The van der Waals surface area contributed by atoms with Gasteiger partial charge in [0, 0.05) is 41.2 Å². The Morgan fingerprint density at radius 3 is 1.40 bits per heavy atom. The molecular weight excluding hydrogens is 721 g/mol. The van der Waals surface area contributed by atoms with E-state index in [1.165, 1.54) is 72.3 Å². The molecular formula is C53H48N4Si+2. The molecule has 0 radical (unpaired) electrons. The second-order valence-electron chi connectivity index (χ2n) is 15.9. The number of para-hydroxylation sites is 6. The van der Waals surface area contributed by atoms with Crippen LogP contribution in [0.5, 0.6) is 0 Å². The fourth-order valence-corrected chi connectivity index (χ4v) is 9.85. The Morgan fingerprint density at radius 1 is 0.397 bits per heavy atom. The third-order valence-electron chi connectivity index (χ3n) is 11.1. The molecule has 0 unspecified atom stereocenters. The summed E-state index contributed by atoms with van der Waals surface area (Å²) >= 11 is 0. The third kappa shape index (κ3) is 7.40. The van der Waals surface area contributed by atoms with Crippen molar-refractivity contribution in [1.29, 1.82) is 0 Å². The molecule has 58 heavy (non-hydrogen) atoms. The zero-order valence-electron chi connectivity index (χ0n) is 33.4. The van der Waals surface area contributed by atoms with E-state index in [-0.39, 0.29) is 0 Å². The maximum absolute atomic E-state index is 2.47. The SMILES string of the molecule is C1=[N+](c2ccccc2)CN(c2ccccc2)c2c1cccc2-c1cccc2ccccc12.C[Si](C)(C)c1cccc2c1N(c1ccccc1)C[N+](c1ccccc1)=C2. The zero-order valence-corrected chi connectivity index (χ0v) is 34.4. The largest absolute Gasteiger partial charge is 0.285 e. The lowest BCUT2D eigenvalue weighted by Gasteiger charge is -2.32. The summed E-state index contributed by atoms with van der Waals surface area (Å²) in [5, 5.41) is 4.06. The normalized spacial score (nSPS) is 13.4. The van der Waals surface area contributed by atoms with Crippen molar-refractivity contribution in [1.82, 2.24) is 0 Å². The molecule has 0 aliphatic carbocycles. The van der Waals surface area contributed by atoms with Crippen LogP contribution in [0, 0.1) is 0 Å². The van der Waals surface area contributed by atoms with Crippen LogP contribution in [0.1, 0.15) is 11.1 Å². The van der Waals surface area contributed by atoms with Crippen LogP contribution < -0.4 is 15.0 Å². The van der Waals surface area contributed by atoms with Gasteiger partial charge in [0.05, 0.1) is 30.6 Å². The molecule has 0 spiro atoms. The lowest BCUT2D eigenvalue weighted by molar-refractivity contribution is -0.434. The summed E-state index contributed by atoms with van der Waals surface area (Å²) in [6.45, 7) is 8.85. The topological polar surface area (TPSA) is 12.5 Å². The summed E-state index contributed by atoms with van der Waals surface area (Å²) in [6.07, 6.45) is 4.58. The second-order valence-corrected chi connectivity index (χ2v) is 21.0. The van der Waals surface area contributed by atoms with Crippen LogP contribution in [0.15, 0.2) is 200 Å². The highest BCUT2D eigenvalue weighted by molar-refractivity contribution is 6.89. The lowest BCUT2D eigenvalue weighted by Crippen LogP contribution is -2.44. The predicted octanol–water partition coefficient (Wildman–Crippen LogP) is 12.5.